The van der Waals surface area contributed by atoms with E-state index in [9.17, 15) is 5.11 Å². The zero-order valence-corrected chi connectivity index (χ0v) is 11.0. The minimum atomic E-state index is -0.0346. The third kappa shape index (κ3) is 2.96. The molecule has 1 N–H and O–H groups in total. The molecule has 0 atom stereocenters. The van der Waals surface area contributed by atoms with Crippen LogP contribution in [-0.2, 0) is 13.0 Å². The van der Waals surface area contributed by atoms with Crippen molar-refractivity contribution in [3.05, 3.63) is 35.7 Å². The second-order valence-corrected chi connectivity index (χ2v) is 5.57. The number of aromatic nitrogens is 2. The molecule has 0 saturated heterocycles. The summed E-state index contributed by atoms with van der Waals surface area (Å²) in [5.74, 6) is 1.17. The van der Waals surface area contributed by atoms with Gasteiger partial charge in [-0.05, 0) is 17.0 Å². The van der Waals surface area contributed by atoms with E-state index in [1.54, 1.807) is 0 Å². The maximum atomic E-state index is 9.28. The standard InChI is InChI=1S/C14H18N2O2/c1-14(2,3)8-12-15-13(18-16-12)11-7-5-4-6-10(11)9-17/h4-7,17H,8-9H2,1-3H3. The average Bonchev–Trinajstić information content (AvgIpc) is 2.75. The van der Waals surface area contributed by atoms with Crippen LogP contribution in [0, 0.1) is 5.41 Å². The van der Waals surface area contributed by atoms with E-state index in [-0.39, 0.29) is 12.0 Å². The van der Waals surface area contributed by atoms with Crippen LogP contribution in [0.15, 0.2) is 28.8 Å². The summed E-state index contributed by atoms with van der Waals surface area (Å²) in [5.41, 5.74) is 1.72. The fourth-order valence-corrected chi connectivity index (χ4v) is 1.78. The summed E-state index contributed by atoms with van der Waals surface area (Å²) in [6.07, 6.45) is 0.762. The molecule has 0 aliphatic carbocycles. The molecular weight excluding hydrogens is 228 g/mol. The first-order valence-electron chi connectivity index (χ1n) is 6.01. The number of hydrogen-bond donors (Lipinski definition) is 1. The lowest BCUT2D eigenvalue weighted by Crippen LogP contribution is -2.10. The number of aliphatic hydroxyl groups is 1. The van der Waals surface area contributed by atoms with Crippen molar-refractivity contribution in [2.45, 2.75) is 33.8 Å². The fraction of sp³-hybridized carbons (Fsp3) is 0.429. The number of benzene rings is 1. The van der Waals surface area contributed by atoms with Gasteiger partial charge < -0.3 is 9.63 Å². The summed E-state index contributed by atoms with van der Waals surface area (Å²) in [5, 5.41) is 13.3. The van der Waals surface area contributed by atoms with Crippen molar-refractivity contribution in [1.82, 2.24) is 10.1 Å². The summed E-state index contributed by atoms with van der Waals surface area (Å²) in [4.78, 5) is 4.39. The van der Waals surface area contributed by atoms with E-state index < -0.39 is 0 Å². The Labute approximate surface area is 107 Å². The maximum Gasteiger partial charge on any atom is 0.258 e. The van der Waals surface area contributed by atoms with Crippen LogP contribution in [0.2, 0.25) is 0 Å². The van der Waals surface area contributed by atoms with Gasteiger partial charge in [0.15, 0.2) is 5.82 Å². The van der Waals surface area contributed by atoms with Gasteiger partial charge in [-0.2, -0.15) is 4.98 Å². The molecule has 0 aliphatic heterocycles. The summed E-state index contributed by atoms with van der Waals surface area (Å²) >= 11 is 0. The first kappa shape index (κ1) is 12.8. The third-order valence-electron chi connectivity index (χ3n) is 2.57. The Hall–Kier alpha value is -1.68. The second kappa shape index (κ2) is 4.90. The van der Waals surface area contributed by atoms with Gasteiger partial charge in [0.05, 0.1) is 6.61 Å². The molecule has 18 heavy (non-hydrogen) atoms. The molecule has 2 rings (SSSR count). The van der Waals surface area contributed by atoms with Gasteiger partial charge in [-0.15, -0.1) is 0 Å². The molecule has 0 radical (unpaired) electrons. The van der Waals surface area contributed by atoms with Gasteiger partial charge in [-0.1, -0.05) is 44.1 Å². The molecule has 1 aromatic carbocycles. The molecular formula is C14H18N2O2. The molecule has 0 amide bonds. The lowest BCUT2D eigenvalue weighted by Gasteiger charge is -2.14. The predicted molar refractivity (Wildman–Crippen MR) is 68.8 cm³/mol. The SMILES string of the molecule is CC(C)(C)Cc1noc(-c2ccccc2CO)n1. The van der Waals surface area contributed by atoms with E-state index in [1.165, 1.54) is 0 Å². The monoisotopic (exact) mass is 246 g/mol. The van der Waals surface area contributed by atoms with E-state index in [2.05, 4.69) is 30.9 Å². The molecule has 0 fully saturated rings. The van der Waals surface area contributed by atoms with Gasteiger partial charge in [0.25, 0.3) is 5.89 Å². The van der Waals surface area contributed by atoms with E-state index in [4.69, 9.17) is 4.52 Å². The topological polar surface area (TPSA) is 59.2 Å². The van der Waals surface area contributed by atoms with Crippen LogP contribution >= 0.6 is 0 Å². The fourth-order valence-electron chi connectivity index (χ4n) is 1.78. The Balaban J connectivity index is 2.29. The Morgan fingerprint density at radius 2 is 1.94 bits per heavy atom. The number of aliphatic hydroxyl groups excluding tert-OH is 1. The number of hydrogen-bond acceptors (Lipinski definition) is 4. The van der Waals surface area contributed by atoms with Gasteiger partial charge in [-0.25, -0.2) is 0 Å². The minimum absolute atomic E-state index is 0.0346. The first-order chi connectivity index (χ1) is 8.49. The second-order valence-electron chi connectivity index (χ2n) is 5.57. The van der Waals surface area contributed by atoms with E-state index >= 15 is 0 Å². The van der Waals surface area contributed by atoms with Gasteiger partial charge in [0, 0.05) is 12.0 Å². The molecule has 2 aromatic rings. The van der Waals surface area contributed by atoms with Gasteiger partial charge >= 0.3 is 0 Å². The maximum absolute atomic E-state index is 9.28. The molecule has 4 heteroatoms. The molecule has 96 valence electrons. The van der Waals surface area contributed by atoms with Crippen molar-refractivity contribution in [2.75, 3.05) is 0 Å². The van der Waals surface area contributed by atoms with Crippen LogP contribution < -0.4 is 0 Å². The molecule has 1 aromatic heterocycles. The minimum Gasteiger partial charge on any atom is -0.392 e. The number of nitrogens with zero attached hydrogens (tertiary/aromatic N) is 2. The highest BCUT2D eigenvalue weighted by Gasteiger charge is 2.17. The molecule has 0 spiro atoms. The van der Waals surface area contributed by atoms with Crippen molar-refractivity contribution >= 4 is 0 Å². The highest BCUT2D eigenvalue weighted by atomic mass is 16.5. The average molecular weight is 246 g/mol. The van der Waals surface area contributed by atoms with Crippen molar-refractivity contribution in [2.24, 2.45) is 5.41 Å². The van der Waals surface area contributed by atoms with Crippen LogP contribution in [0.1, 0.15) is 32.2 Å². The normalized spacial score (nSPS) is 11.8. The lowest BCUT2D eigenvalue weighted by atomic mass is 9.92. The Morgan fingerprint density at radius 3 is 2.61 bits per heavy atom. The van der Waals surface area contributed by atoms with Crippen molar-refractivity contribution in [3.8, 4) is 11.5 Å². The van der Waals surface area contributed by atoms with Crippen molar-refractivity contribution in [3.63, 3.8) is 0 Å². The van der Waals surface area contributed by atoms with E-state index in [0.717, 1.165) is 17.5 Å². The van der Waals surface area contributed by atoms with Gasteiger partial charge in [0.1, 0.15) is 0 Å². The Morgan fingerprint density at radius 1 is 1.22 bits per heavy atom. The van der Waals surface area contributed by atoms with Crippen LogP contribution in [-0.4, -0.2) is 15.2 Å². The number of rotatable bonds is 3. The molecule has 0 saturated carbocycles. The molecule has 4 nitrogen and oxygen atoms in total. The highest BCUT2D eigenvalue weighted by Crippen LogP contribution is 2.24. The smallest absolute Gasteiger partial charge is 0.258 e. The Kier molecular flexibility index (Phi) is 3.48. The molecule has 0 bridgehead atoms. The van der Waals surface area contributed by atoms with Crippen LogP contribution in [0.4, 0.5) is 0 Å². The van der Waals surface area contributed by atoms with Crippen LogP contribution in [0.3, 0.4) is 0 Å². The summed E-state index contributed by atoms with van der Waals surface area (Å²) in [6.45, 7) is 6.35. The summed E-state index contributed by atoms with van der Waals surface area (Å²) in [7, 11) is 0. The summed E-state index contributed by atoms with van der Waals surface area (Å²) < 4.78 is 5.27. The quantitative estimate of drug-likeness (QED) is 0.904. The van der Waals surface area contributed by atoms with Crippen molar-refractivity contribution in [1.29, 1.82) is 0 Å². The largest absolute Gasteiger partial charge is 0.392 e. The summed E-state index contributed by atoms with van der Waals surface area (Å²) in [6, 6.07) is 7.49. The van der Waals surface area contributed by atoms with Crippen LogP contribution in [0.25, 0.3) is 11.5 Å². The van der Waals surface area contributed by atoms with Crippen LogP contribution in [0.5, 0.6) is 0 Å². The molecule has 0 unspecified atom stereocenters. The first-order valence-corrected chi connectivity index (χ1v) is 6.01. The van der Waals surface area contributed by atoms with Gasteiger partial charge in [-0.3, -0.25) is 0 Å². The Bertz CT molecular complexity index is 527. The zero-order valence-electron chi connectivity index (χ0n) is 11.0. The van der Waals surface area contributed by atoms with Gasteiger partial charge in [0.2, 0.25) is 0 Å². The lowest BCUT2D eigenvalue weighted by molar-refractivity contribution is 0.282. The predicted octanol–water partition coefficient (Wildman–Crippen LogP) is 2.82. The molecule has 1 heterocycles. The molecule has 0 aliphatic rings. The zero-order chi connectivity index (χ0) is 13.2. The highest BCUT2D eigenvalue weighted by molar-refractivity contribution is 5.58. The van der Waals surface area contributed by atoms with E-state index in [1.807, 2.05) is 24.3 Å². The van der Waals surface area contributed by atoms with E-state index in [0.29, 0.717) is 11.7 Å². The van der Waals surface area contributed by atoms with Crippen molar-refractivity contribution < 1.29 is 9.63 Å². The third-order valence-corrected chi connectivity index (χ3v) is 2.57.